The van der Waals surface area contributed by atoms with E-state index >= 15 is 0 Å². The van der Waals surface area contributed by atoms with Crippen LogP contribution in [0.15, 0.2) is 60.0 Å². The number of carbonyl (C=O) groups is 2. The van der Waals surface area contributed by atoms with Crippen molar-refractivity contribution in [3.8, 4) is 10.4 Å². The van der Waals surface area contributed by atoms with Crippen molar-refractivity contribution in [2.45, 2.75) is 12.5 Å². The second kappa shape index (κ2) is 11.4. The number of piperazine rings is 1. The number of likely N-dealkylation sites (N-methyl/N-ethyl adjacent to an activating group) is 2. The summed E-state index contributed by atoms with van der Waals surface area (Å²) in [5.41, 5.74) is 9.16. The summed E-state index contributed by atoms with van der Waals surface area (Å²) in [5.74, 6) is 0.436. The first-order chi connectivity index (χ1) is 18.8. The molecule has 4 aromatic rings. The maximum atomic E-state index is 13.4. The molecule has 2 amide bonds. The van der Waals surface area contributed by atoms with E-state index in [0.29, 0.717) is 17.5 Å². The number of anilines is 2. The molecule has 3 N–H and O–H groups in total. The molecule has 2 aromatic carbocycles. The summed E-state index contributed by atoms with van der Waals surface area (Å²) in [6, 6.07) is 16.8. The zero-order chi connectivity index (χ0) is 27.5. The molecule has 0 spiro atoms. The molecule has 1 fully saturated rings. The first-order valence-corrected chi connectivity index (χ1v) is 13.8. The van der Waals surface area contributed by atoms with Gasteiger partial charge in [0.15, 0.2) is 0 Å². The van der Waals surface area contributed by atoms with Gasteiger partial charge in [-0.1, -0.05) is 30.3 Å². The number of nitrogens with one attached hydrogen (secondary N) is 1. The van der Waals surface area contributed by atoms with Gasteiger partial charge in [-0.05, 0) is 47.8 Å². The maximum Gasteiger partial charge on any atom is 0.252 e. The first kappa shape index (κ1) is 26.6. The highest BCUT2D eigenvalue weighted by molar-refractivity contribution is 7.13. The molecule has 0 radical (unpaired) electrons. The van der Waals surface area contributed by atoms with Crippen LogP contribution in [0.5, 0.6) is 0 Å². The lowest BCUT2D eigenvalue weighted by Crippen LogP contribution is -2.47. The Hall–Kier alpha value is -4.02. The van der Waals surface area contributed by atoms with Crippen LogP contribution in [0.3, 0.4) is 0 Å². The Bertz CT molecular complexity index is 1460. The molecule has 0 bridgehead atoms. The molecule has 5 rings (SSSR count). The molecule has 1 aliphatic rings. The first-order valence-electron chi connectivity index (χ1n) is 12.9. The average molecular weight is 544 g/mol. The van der Waals surface area contributed by atoms with Gasteiger partial charge in [0.05, 0.1) is 5.52 Å². The van der Waals surface area contributed by atoms with E-state index in [1.807, 2.05) is 41.8 Å². The van der Waals surface area contributed by atoms with Crippen LogP contribution in [0, 0.1) is 0 Å². The minimum absolute atomic E-state index is 0.167. The predicted molar refractivity (Wildman–Crippen MR) is 157 cm³/mol. The highest BCUT2D eigenvalue weighted by Gasteiger charge is 2.25. The number of nitrogens with two attached hydrogens (primary N) is 1. The number of hydrogen-bond donors (Lipinski definition) is 2. The van der Waals surface area contributed by atoms with Crippen LogP contribution >= 0.6 is 11.3 Å². The minimum atomic E-state index is -0.716. The van der Waals surface area contributed by atoms with Crippen LogP contribution in [-0.4, -0.2) is 84.9 Å². The summed E-state index contributed by atoms with van der Waals surface area (Å²) in [4.78, 5) is 42.5. The molecular weight excluding hydrogens is 510 g/mol. The smallest absolute Gasteiger partial charge is 0.252 e. The number of hydrogen-bond acceptors (Lipinski definition) is 8. The highest BCUT2D eigenvalue weighted by atomic mass is 32.1. The summed E-state index contributed by atoms with van der Waals surface area (Å²) in [7, 11) is 5.48. The van der Waals surface area contributed by atoms with Crippen LogP contribution in [0.4, 0.5) is 11.8 Å². The van der Waals surface area contributed by atoms with E-state index in [1.54, 1.807) is 37.6 Å². The van der Waals surface area contributed by atoms with Gasteiger partial charge in [-0.25, -0.2) is 4.98 Å². The fourth-order valence-electron chi connectivity index (χ4n) is 4.77. The van der Waals surface area contributed by atoms with Crippen LogP contribution in [0.1, 0.15) is 15.9 Å². The molecule has 1 saturated heterocycles. The summed E-state index contributed by atoms with van der Waals surface area (Å²) in [6.07, 6.45) is 0.379. The third-order valence-electron chi connectivity index (χ3n) is 7.00. The average Bonchev–Trinajstić information content (AvgIpc) is 3.47. The number of nitrogen functional groups attached to an aromatic ring is 1. The van der Waals surface area contributed by atoms with Crippen molar-refractivity contribution in [2.24, 2.45) is 0 Å². The van der Waals surface area contributed by atoms with Gasteiger partial charge >= 0.3 is 0 Å². The van der Waals surface area contributed by atoms with E-state index in [1.165, 1.54) is 9.78 Å². The lowest BCUT2D eigenvalue weighted by molar-refractivity contribution is -0.130. The van der Waals surface area contributed by atoms with Gasteiger partial charge < -0.3 is 25.8 Å². The van der Waals surface area contributed by atoms with Crippen LogP contribution in [-0.2, 0) is 11.2 Å². The number of thiophene rings is 1. The van der Waals surface area contributed by atoms with Gasteiger partial charge in [0.2, 0.25) is 11.9 Å². The molecule has 0 aliphatic carbocycles. The van der Waals surface area contributed by atoms with E-state index in [2.05, 4.69) is 38.2 Å². The van der Waals surface area contributed by atoms with Gasteiger partial charge in [0.1, 0.15) is 11.9 Å². The molecule has 1 atom stereocenters. The van der Waals surface area contributed by atoms with Crippen LogP contribution < -0.4 is 16.0 Å². The minimum Gasteiger partial charge on any atom is -0.368 e. The van der Waals surface area contributed by atoms with Crippen molar-refractivity contribution in [1.82, 2.24) is 25.1 Å². The summed E-state index contributed by atoms with van der Waals surface area (Å²) in [6.45, 7) is 3.55. The number of benzene rings is 2. The molecule has 9 nitrogen and oxygen atoms in total. The summed E-state index contributed by atoms with van der Waals surface area (Å²) >= 11 is 1.68. The van der Waals surface area contributed by atoms with Crippen molar-refractivity contribution < 1.29 is 9.59 Å². The normalized spacial score (nSPS) is 14.8. The quantitative estimate of drug-likeness (QED) is 0.369. The molecule has 0 saturated carbocycles. The third-order valence-corrected chi connectivity index (χ3v) is 7.92. The predicted octanol–water partition coefficient (Wildman–Crippen LogP) is 3.12. The number of rotatable bonds is 7. The largest absolute Gasteiger partial charge is 0.368 e. The Morgan fingerprint density at radius 1 is 1.05 bits per heavy atom. The van der Waals surface area contributed by atoms with E-state index < -0.39 is 6.04 Å². The monoisotopic (exact) mass is 543 g/mol. The Morgan fingerprint density at radius 3 is 2.46 bits per heavy atom. The van der Waals surface area contributed by atoms with Gasteiger partial charge in [-0.3, -0.25) is 9.59 Å². The maximum absolute atomic E-state index is 13.4. The number of carbonyl (C=O) groups excluding carboxylic acids is 2. The summed E-state index contributed by atoms with van der Waals surface area (Å²) < 4.78 is 0. The fourth-order valence-corrected chi connectivity index (χ4v) is 5.50. The topological polar surface area (TPSA) is 108 Å². The van der Waals surface area contributed by atoms with E-state index in [-0.39, 0.29) is 17.8 Å². The second-order valence-corrected chi connectivity index (χ2v) is 11.0. The van der Waals surface area contributed by atoms with Crippen molar-refractivity contribution in [1.29, 1.82) is 0 Å². The Balaban J connectivity index is 1.36. The number of nitrogens with zero attached hydrogens (tertiary/aromatic N) is 5. The molecule has 1 aliphatic heterocycles. The lowest BCUT2D eigenvalue weighted by Gasteiger charge is -2.33. The lowest BCUT2D eigenvalue weighted by atomic mass is 10.0. The molecular formula is C29H33N7O2S. The molecule has 1 unspecified atom stereocenters. The molecule has 2 aromatic heterocycles. The summed E-state index contributed by atoms with van der Waals surface area (Å²) in [5, 5.41) is 5.84. The Kier molecular flexibility index (Phi) is 7.76. The van der Waals surface area contributed by atoms with Gasteiger partial charge in [-0.2, -0.15) is 4.98 Å². The number of amides is 2. The van der Waals surface area contributed by atoms with Gasteiger partial charge in [-0.15, -0.1) is 11.3 Å². The van der Waals surface area contributed by atoms with Gasteiger partial charge in [0, 0.05) is 62.5 Å². The Morgan fingerprint density at radius 2 is 1.79 bits per heavy atom. The van der Waals surface area contributed by atoms with Crippen LogP contribution in [0.25, 0.3) is 21.3 Å². The van der Waals surface area contributed by atoms with E-state index in [9.17, 15) is 9.59 Å². The van der Waals surface area contributed by atoms with Crippen molar-refractivity contribution in [3.05, 3.63) is 71.1 Å². The standard InChI is InChI=1S/C29H33N7O2S/c1-34(2)28(38)24(17-19-6-8-20(9-7-19)25-5-4-16-39-25)31-27(37)21-10-11-22-23(18-21)32-29(30)33-26(22)36-14-12-35(3)13-15-36/h4-11,16,18,24H,12-15,17H2,1-3H3,(H,31,37)(H2,30,32,33). The molecule has 3 heterocycles. The Labute approximate surface area is 232 Å². The van der Waals surface area contributed by atoms with Crippen molar-refractivity contribution in [3.63, 3.8) is 0 Å². The number of fused-ring (bicyclic) bond motifs is 1. The fraction of sp³-hybridized carbons (Fsp3) is 0.310. The van der Waals surface area contributed by atoms with Crippen molar-refractivity contribution in [2.75, 3.05) is 58.0 Å². The molecule has 39 heavy (non-hydrogen) atoms. The third kappa shape index (κ3) is 6.02. The molecule has 10 heteroatoms. The molecule has 202 valence electrons. The highest BCUT2D eigenvalue weighted by Crippen LogP contribution is 2.27. The zero-order valence-corrected chi connectivity index (χ0v) is 23.2. The van der Waals surface area contributed by atoms with Crippen LogP contribution in [0.2, 0.25) is 0 Å². The second-order valence-electron chi connectivity index (χ2n) is 10.1. The van der Waals surface area contributed by atoms with Gasteiger partial charge in [0.25, 0.3) is 5.91 Å². The van der Waals surface area contributed by atoms with E-state index in [4.69, 9.17) is 5.73 Å². The zero-order valence-electron chi connectivity index (χ0n) is 22.4. The van der Waals surface area contributed by atoms with Crippen molar-refractivity contribution >= 4 is 45.8 Å². The number of aromatic nitrogens is 2. The SMILES string of the molecule is CN1CCN(c2nc(N)nc3cc(C(=O)NC(Cc4ccc(-c5cccs5)cc4)C(=O)N(C)C)ccc23)CC1. The van der Waals surface area contributed by atoms with E-state index in [0.717, 1.165) is 48.5 Å².